The summed E-state index contributed by atoms with van der Waals surface area (Å²) in [5.41, 5.74) is 1.58. The van der Waals surface area contributed by atoms with E-state index in [2.05, 4.69) is 0 Å². The van der Waals surface area contributed by atoms with Crippen molar-refractivity contribution in [1.82, 2.24) is 0 Å². The predicted molar refractivity (Wildman–Crippen MR) is 80.9 cm³/mol. The Labute approximate surface area is 118 Å². The van der Waals surface area contributed by atoms with Crippen molar-refractivity contribution in [2.45, 2.75) is 13.0 Å². The van der Waals surface area contributed by atoms with Crippen LogP contribution in [-0.4, -0.2) is 17.1 Å². The molecule has 102 valence electrons. The molecule has 2 aromatic rings. The van der Waals surface area contributed by atoms with Gasteiger partial charge in [-0.25, -0.2) is 0 Å². The fraction of sp³-hybridized carbons (Fsp3) is 0.118. The standard InChI is InChI=1S/C17H17NO2/c1-14(19)12-13-17(20)18(15-8-4-2-5-9-15)16-10-6-3-7-11-16/h2-14,19H,1H3. The summed E-state index contributed by atoms with van der Waals surface area (Å²) < 4.78 is 0. The lowest BCUT2D eigenvalue weighted by Crippen LogP contribution is -2.24. The Bertz CT molecular complexity index is 537. The molecule has 3 heteroatoms. The number of rotatable bonds is 4. The number of aliphatic hydroxyl groups is 1. The Morgan fingerprint density at radius 2 is 1.45 bits per heavy atom. The summed E-state index contributed by atoms with van der Waals surface area (Å²) in [4.78, 5) is 14.0. The molecule has 1 unspecified atom stereocenters. The lowest BCUT2D eigenvalue weighted by atomic mass is 10.2. The van der Waals surface area contributed by atoms with E-state index in [4.69, 9.17) is 0 Å². The highest BCUT2D eigenvalue weighted by atomic mass is 16.3. The molecule has 0 heterocycles. The third-order valence-electron chi connectivity index (χ3n) is 2.77. The Kier molecular flexibility index (Phi) is 4.69. The number of benzene rings is 2. The predicted octanol–water partition coefficient (Wildman–Crippen LogP) is 3.29. The average Bonchev–Trinajstić information content (AvgIpc) is 2.48. The lowest BCUT2D eigenvalue weighted by Gasteiger charge is -2.21. The number of para-hydroxylation sites is 2. The maximum absolute atomic E-state index is 12.4. The molecule has 1 amide bonds. The van der Waals surface area contributed by atoms with E-state index in [9.17, 15) is 9.90 Å². The number of aliphatic hydroxyl groups excluding tert-OH is 1. The van der Waals surface area contributed by atoms with Gasteiger partial charge in [-0.1, -0.05) is 42.5 Å². The first kappa shape index (κ1) is 14.0. The maximum Gasteiger partial charge on any atom is 0.255 e. The number of carbonyl (C=O) groups is 1. The van der Waals surface area contributed by atoms with Crippen LogP contribution < -0.4 is 4.90 Å². The molecule has 3 nitrogen and oxygen atoms in total. The summed E-state index contributed by atoms with van der Waals surface area (Å²) in [5.74, 6) is -0.191. The molecule has 0 aliphatic rings. The smallest absolute Gasteiger partial charge is 0.255 e. The first-order chi connectivity index (χ1) is 9.68. The van der Waals surface area contributed by atoms with Crippen LogP contribution in [0.1, 0.15) is 6.92 Å². The van der Waals surface area contributed by atoms with E-state index in [0.29, 0.717) is 0 Å². The van der Waals surface area contributed by atoms with Crippen molar-refractivity contribution in [2.75, 3.05) is 4.90 Å². The van der Waals surface area contributed by atoms with E-state index >= 15 is 0 Å². The van der Waals surface area contributed by atoms with Crippen LogP contribution in [0.5, 0.6) is 0 Å². The highest BCUT2D eigenvalue weighted by Crippen LogP contribution is 2.25. The van der Waals surface area contributed by atoms with Crippen LogP contribution in [0.4, 0.5) is 11.4 Å². The number of carbonyl (C=O) groups excluding carboxylic acids is 1. The summed E-state index contributed by atoms with van der Waals surface area (Å²) in [6.45, 7) is 1.61. The third-order valence-corrected chi connectivity index (χ3v) is 2.77. The molecule has 20 heavy (non-hydrogen) atoms. The fourth-order valence-electron chi connectivity index (χ4n) is 1.85. The van der Waals surface area contributed by atoms with Crippen molar-refractivity contribution < 1.29 is 9.90 Å². The fourth-order valence-corrected chi connectivity index (χ4v) is 1.85. The molecule has 2 aromatic carbocycles. The van der Waals surface area contributed by atoms with Gasteiger partial charge in [-0.15, -0.1) is 0 Å². The minimum Gasteiger partial charge on any atom is -0.389 e. The molecule has 0 bridgehead atoms. The van der Waals surface area contributed by atoms with E-state index < -0.39 is 6.10 Å². The molecule has 0 fully saturated rings. The van der Waals surface area contributed by atoms with Gasteiger partial charge in [0, 0.05) is 17.5 Å². The summed E-state index contributed by atoms with van der Waals surface area (Å²) in [6, 6.07) is 18.9. The zero-order valence-electron chi connectivity index (χ0n) is 11.3. The molecule has 0 aromatic heterocycles. The molecule has 0 aliphatic carbocycles. The highest BCUT2D eigenvalue weighted by molar-refractivity contribution is 6.07. The van der Waals surface area contributed by atoms with Crippen molar-refractivity contribution in [2.24, 2.45) is 0 Å². The quantitative estimate of drug-likeness (QED) is 0.863. The van der Waals surface area contributed by atoms with Gasteiger partial charge in [-0.3, -0.25) is 9.69 Å². The number of hydrogen-bond donors (Lipinski definition) is 1. The summed E-state index contributed by atoms with van der Waals surface area (Å²) >= 11 is 0. The van der Waals surface area contributed by atoms with Gasteiger partial charge in [0.1, 0.15) is 0 Å². The van der Waals surface area contributed by atoms with Crippen LogP contribution in [0.15, 0.2) is 72.8 Å². The summed E-state index contributed by atoms with van der Waals surface area (Å²) in [5, 5.41) is 9.27. The van der Waals surface area contributed by atoms with Crippen LogP contribution >= 0.6 is 0 Å². The van der Waals surface area contributed by atoms with Crippen molar-refractivity contribution in [3.8, 4) is 0 Å². The first-order valence-corrected chi connectivity index (χ1v) is 6.49. The SMILES string of the molecule is CC(O)C=CC(=O)N(c1ccccc1)c1ccccc1. The average molecular weight is 267 g/mol. The highest BCUT2D eigenvalue weighted by Gasteiger charge is 2.14. The molecular weight excluding hydrogens is 250 g/mol. The topological polar surface area (TPSA) is 40.5 Å². The van der Waals surface area contributed by atoms with Crippen LogP contribution in [-0.2, 0) is 4.79 Å². The molecule has 2 rings (SSSR count). The molecule has 0 radical (unpaired) electrons. The number of nitrogens with zero attached hydrogens (tertiary/aromatic N) is 1. The van der Waals surface area contributed by atoms with E-state index in [1.807, 2.05) is 60.7 Å². The van der Waals surface area contributed by atoms with Gasteiger partial charge in [0.05, 0.1) is 6.10 Å². The van der Waals surface area contributed by atoms with E-state index in [1.165, 1.54) is 12.2 Å². The molecular formula is C17H17NO2. The molecule has 1 atom stereocenters. The van der Waals surface area contributed by atoms with Gasteiger partial charge < -0.3 is 5.11 Å². The van der Waals surface area contributed by atoms with Gasteiger partial charge in [0.15, 0.2) is 0 Å². The number of anilines is 2. The minimum absolute atomic E-state index is 0.191. The second-order valence-electron chi connectivity index (χ2n) is 4.44. The molecule has 0 spiro atoms. The molecule has 1 N–H and O–H groups in total. The maximum atomic E-state index is 12.4. The second-order valence-corrected chi connectivity index (χ2v) is 4.44. The van der Waals surface area contributed by atoms with E-state index in [0.717, 1.165) is 11.4 Å². The van der Waals surface area contributed by atoms with Gasteiger partial charge in [0.2, 0.25) is 0 Å². The zero-order chi connectivity index (χ0) is 14.4. The Morgan fingerprint density at radius 3 is 1.85 bits per heavy atom. The second kappa shape index (κ2) is 6.68. The van der Waals surface area contributed by atoms with Gasteiger partial charge in [-0.2, -0.15) is 0 Å². The molecule has 0 aliphatic heterocycles. The summed E-state index contributed by atoms with van der Waals surface area (Å²) in [7, 11) is 0. The molecule has 0 saturated carbocycles. The van der Waals surface area contributed by atoms with Crippen LogP contribution in [0.25, 0.3) is 0 Å². The minimum atomic E-state index is -0.646. The van der Waals surface area contributed by atoms with Crippen LogP contribution in [0.3, 0.4) is 0 Å². The Hall–Kier alpha value is -2.39. The van der Waals surface area contributed by atoms with Crippen molar-refractivity contribution in [3.63, 3.8) is 0 Å². The normalized spacial score (nSPS) is 12.3. The lowest BCUT2D eigenvalue weighted by molar-refractivity contribution is -0.113. The van der Waals surface area contributed by atoms with Gasteiger partial charge in [-0.05, 0) is 31.2 Å². The van der Waals surface area contributed by atoms with E-state index in [-0.39, 0.29) is 5.91 Å². The monoisotopic (exact) mass is 267 g/mol. The van der Waals surface area contributed by atoms with Gasteiger partial charge >= 0.3 is 0 Å². The van der Waals surface area contributed by atoms with E-state index in [1.54, 1.807) is 11.8 Å². The van der Waals surface area contributed by atoms with Crippen molar-refractivity contribution >= 4 is 17.3 Å². The number of hydrogen-bond acceptors (Lipinski definition) is 2. The molecule has 0 saturated heterocycles. The van der Waals surface area contributed by atoms with Gasteiger partial charge in [0.25, 0.3) is 5.91 Å². The largest absolute Gasteiger partial charge is 0.389 e. The summed E-state index contributed by atoms with van der Waals surface area (Å²) in [6.07, 6.45) is 2.22. The Morgan fingerprint density at radius 1 is 1.00 bits per heavy atom. The van der Waals surface area contributed by atoms with Crippen LogP contribution in [0, 0.1) is 0 Å². The Balaban J connectivity index is 2.38. The zero-order valence-corrected chi connectivity index (χ0v) is 11.3. The van der Waals surface area contributed by atoms with Crippen molar-refractivity contribution in [1.29, 1.82) is 0 Å². The van der Waals surface area contributed by atoms with Crippen LogP contribution in [0.2, 0.25) is 0 Å². The first-order valence-electron chi connectivity index (χ1n) is 6.49. The third kappa shape index (κ3) is 3.56. The number of amides is 1. The van der Waals surface area contributed by atoms with Crippen molar-refractivity contribution in [3.05, 3.63) is 72.8 Å².